The van der Waals surface area contributed by atoms with E-state index >= 15 is 0 Å². The van der Waals surface area contributed by atoms with Crippen LogP contribution in [0.4, 0.5) is 0 Å². The van der Waals surface area contributed by atoms with E-state index in [0.29, 0.717) is 30.0 Å². The maximum atomic E-state index is 13.6. The van der Waals surface area contributed by atoms with E-state index in [1.54, 1.807) is 0 Å². The molecule has 0 unspecified atom stereocenters. The van der Waals surface area contributed by atoms with Crippen LogP contribution in [0.15, 0.2) is 24.3 Å². The first-order valence-corrected chi connectivity index (χ1v) is 14.1. The van der Waals surface area contributed by atoms with Crippen LogP contribution in [-0.2, 0) is 16.2 Å². The number of aliphatic carboxylic acids is 1. The Morgan fingerprint density at radius 1 is 1.16 bits per heavy atom. The van der Waals surface area contributed by atoms with Crippen LogP contribution in [-0.4, -0.2) is 70.9 Å². The number of aliphatic hydroxyl groups is 1. The molecule has 8 nitrogen and oxygen atoms in total. The lowest BCUT2D eigenvalue weighted by Gasteiger charge is -2.34. The molecule has 1 aromatic rings. The zero-order chi connectivity index (χ0) is 27.9. The van der Waals surface area contributed by atoms with Gasteiger partial charge in [0.1, 0.15) is 0 Å². The average molecular weight is 531 g/mol. The van der Waals surface area contributed by atoms with Gasteiger partial charge in [0.25, 0.3) is 0 Å². The largest absolute Gasteiger partial charge is 0.481 e. The molecule has 1 saturated heterocycles. The van der Waals surface area contributed by atoms with Crippen LogP contribution in [0.1, 0.15) is 83.8 Å². The maximum Gasteiger partial charge on any atom is 0.308 e. The van der Waals surface area contributed by atoms with Crippen molar-refractivity contribution >= 4 is 11.9 Å². The average Bonchev–Trinajstić information content (AvgIpc) is 3.48. The summed E-state index contributed by atoms with van der Waals surface area (Å²) in [6, 6.07) is 3.36. The van der Waals surface area contributed by atoms with Crippen LogP contribution < -0.4 is 9.47 Å². The molecule has 2 N–H and O–H groups in total. The van der Waals surface area contributed by atoms with Crippen molar-refractivity contribution in [2.45, 2.75) is 85.3 Å². The number of carboxylic acid groups (broad SMARTS) is 1. The third kappa shape index (κ3) is 7.08. The number of hydrogen-bond donors (Lipinski definition) is 2. The standard InChI is InChI=1S/C30H46N2O6/c1-6-9-12-31(13-10-7-2)26(34)18-32-17-23(21-14-22(19-33)28-25(15-21)37-20-38-28)27(29(35)36)24(32)16-30(4,5)11-8-3/h8,11,14-15,23-24,27,33H,6-7,9-10,12-13,16-20H2,1-5H3,(H,35,36)/b11-8+/t23-,24+,27-/m1/s1. The van der Waals surface area contributed by atoms with Gasteiger partial charge < -0.3 is 24.6 Å². The lowest BCUT2D eigenvalue weighted by Crippen LogP contribution is -2.45. The molecule has 3 atom stereocenters. The molecule has 0 radical (unpaired) electrons. The number of nitrogens with zero attached hydrogens (tertiary/aromatic N) is 2. The van der Waals surface area contributed by atoms with Crippen LogP contribution in [0, 0.1) is 11.3 Å². The van der Waals surface area contributed by atoms with Crippen molar-refractivity contribution in [3.63, 3.8) is 0 Å². The molecule has 1 amide bonds. The van der Waals surface area contributed by atoms with E-state index < -0.39 is 11.9 Å². The zero-order valence-electron chi connectivity index (χ0n) is 23.7. The van der Waals surface area contributed by atoms with Gasteiger partial charge in [0.2, 0.25) is 12.7 Å². The quantitative estimate of drug-likeness (QED) is 0.333. The number of unbranched alkanes of at least 4 members (excludes halogenated alkanes) is 2. The highest BCUT2D eigenvalue weighted by Crippen LogP contribution is 2.46. The second-order valence-electron chi connectivity index (χ2n) is 11.3. The Kier molecular flexibility index (Phi) is 10.6. The molecule has 1 fully saturated rings. The smallest absolute Gasteiger partial charge is 0.308 e. The fraction of sp³-hybridized carbons (Fsp3) is 0.667. The Morgan fingerprint density at radius 3 is 2.42 bits per heavy atom. The van der Waals surface area contributed by atoms with Crippen molar-refractivity contribution in [3.05, 3.63) is 35.4 Å². The molecule has 2 aliphatic rings. The van der Waals surface area contributed by atoms with Crippen LogP contribution in [0.3, 0.4) is 0 Å². The van der Waals surface area contributed by atoms with Gasteiger partial charge in [-0.15, -0.1) is 0 Å². The second kappa shape index (κ2) is 13.5. The van der Waals surface area contributed by atoms with Crippen molar-refractivity contribution in [2.24, 2.45) is 11.3 Å². The highest BCUT2D eigenvalue weighted by molar-refractivity contribution is 5.79. The first kappa shape index (κ1) is 30.0. The third-order valence-corrected chi connectivity index (χ3v) is 7.81. The number of hydrogen-bond acceptors (Lipinski definition) is 6. The summed E-state index contributed by atoms with van der Waals surface area (Å²) >= 11 is 0. The molecule has 0 aromatic heterocycles. The van der Waals surface area contributed by atoms with Crippen LogP contribution in [0.25, 0.3) is 0 Å². The molecule has 1 aromatic carbocycles. The monoisotopic (exact) mass is 530 g/mol. The minimum Gasteiger partial charge on any atom is -0.481 e. The number of carbonyl (C=O) groups excluding carboxylic acids is 1. The van der Waals surface area contributed by atoms with E-state index in [1.165, 1.54) is 0 Å². The number of fused-ring (bicyclic) bond motifs is 1. The van der Waals surface area contributed by atoms with Gasteiger partial charge in [0.15, 0.2) is 11.5 Å². The van der Waals surface area contributed by atoms with E-state index in [-0.39, 0.29) is 43.2 Å². The van der Waals surface area contributed by atoms with Gasteiger partial charge in [-0.25, -0.2) is 0 Å². The van der Waals surface area contributed by atoms with Crippen LogP contribution in [0.5, 0.6) is 11.5 Å². The van der Waals surface area contributed by atoms with Gasteiger partial charge in [0.05, 0.1) is 19.1 Å². The predicted molar refractivity (Wildman–Crippen MR) is 147 cm³/mol. The SMILES string of the molecule is C/C=C/C(C)(C)C[C@H]1[C@H](C(=O)O)[C@@H](c2cc(CO)c3c(c2)OCO3)CN1CC(=O)N(CCCC)CCCC. The molecular formula is C30H46N2O6. The summed E-state index contributed by atoms with van der Waals surface area (Å²) in [5.41, 5.74) is 1.14. The summed E-state index contributed by atoms with van der Waals surface area (Å²) in [4.78, 5) is 30.4. The number of carbonyl (C=O) groups is 2. The highest BCUT2D eigenvalue weighted by Gasteiger charge is 2.49. The normalized spacial score (nSPS) is 21.4. The predicted octanol–water partition coefficient (Wildman–Crippen LogP) is 4.80. The summed E-state index contributed by atoms with van der Waals surface area (Å²) in [5.74, 6) is -0.830. The van der Waals surface area contributed by atoms with Crippen molar-refractivity contribution in [1.29, 1.82) is 0 Å². The third-order valence-electron chi connectivity index (χ3n) is 7.81. The molecule has 38 heavy (non-hydrogen) atoms. The number of ether oxygens (including phenoxy) is 2. The lowest BCUT2D eigenvalue weighted by atomic mass is 9.77. The number of benzene rings is 1. The molecule has 0 saturated carbocycles. The van der Waals surface area contributed by atoms with Crippen LogP contribution >= 0.6 is 0 Å². The fourth-order valence-electron chi connectivity index (χ4n) is 5.91. The summed E-state index contributed by atoms with van der Waals surface area (Å²) in [6.45, 7) is 12.4. The van der Waals surface area contributed by atoms with E-state index in [9.17, 15) is 19.8 Å². The molecule has 8 heteroatoms. The lowest BCUT2D eigenvalue weighted by molar-refractivity contribution is -0.144. The first-order chi connectivity index (χ1) is 18.1. The molecule has 212 valence electrons. The van der Waals surface area contributed by atoms with Gasteiger partial charge in [-0.1, -0.05) is 52.7 Å². The molecular weight excluding hydrogens is 484 g/mol. The van der Waals surface area contributed by atoms with E-state index in [4.69, 9.17) is 9.47 Å². The van der Waals surface area contributed by atoms with E-state index in [1.807, 2.05) is 30.0 Å². The maximum absolute atomic E-state index is 13.6. The Balaban J connectivity index is 1.97. The van der Waals surface area contributed by atoms with Gasteiger partial charge in [0, 0.05) is 37.2 Å². The number of amides is 1. The molecule has 0 bridgehead atoms. The Hall–Kier alpha value is -2.58. The second-order valence-corrected chi connectivity index (χ2v) is 11.3. The summed E-state index contributed by atoms with van der Waals surface area (Å²) in [5, 5.41) is 20.5. The summed E-state index contributed by atoms with van der Waals surface area (Å²) < 4.78 is 11.1. The summed E-state index contributed by atoms with van der Waals surface area (Å²) in [6.07, 6.45) is 8.65. The Morgan fingerprint density at radius 2 is 1.84 bits per heavy atom. The molecule has 2 heterocycles. The van der Waals surface area contributed by atoms with Crippen molar-refractivity contribution in [1.82, 2.24) is 9.80 Å². The van der Waals surface area contributed by atoms with Crippen molar-refractivity contribution in [3.8, 4) is 11.5 Å². The minimum atomic E-state index is -0.872. The summed E-state index contributed by atoms with van der Waals surface area (Å²) in [7, 11) is 0. The van der Waals surface area contributed by atoms with Crippen LogP contribution in [0.2, 0.25) is 0 Å². The first-order valence-electron chi connectivity index (χ1n) is 14.1. The van der Waals surface area contributed by atoms with Gasteiger partial charge in [-0.05, 0) is 49.3 Å². The Labute approximate surface area is 227 Å². The van der Waals surface area contributed by atoms with Gasteiger partial charge in [-0.3, -0.25) is 14.5 Å². The van der Waals surface area contributed by atoms with E-state index in [2.05, 4.69) is 38.7 Å². The molecule has 2 aliphatic heterocycles. The highest BCUT2D eigenvalue weighted by atomic mass is 16.7. The molecule has 3 rings (SSSR count). The number of rotatable bonds is 14. The zero-order valence-corrected chi connectivity index (χ0v) is 23.7. The topological polar surface area (TPSA) is 99.5 Å². The molecule has 0 spiro atoms. The van der Waals surface area contributed by atoms with Crippen molar-refractivity contribution in [2.75, 3.05) is 33.0 Å². The fourth-order valence-corrected chi connectivity index (χ4v) is 5.91. The van der Waals surface area contributed by atoms with Gasteiger partial charge in [-0.2, -0.15) is 0 Å². The van der Waals surface area contributed by atoms with E-state index in [0.717, 1.165) is 44.3 Å². The number of carboxylic acids is 1. The Bertz CT molecular complexity index is 983. The molecule has 0 aliphatic carbocycles. The minimum absolute atomic E-state index is 0.0623. The number of aliphatic hydroxyl groups excluding tert-OH is 1. The number of likely N-dealkylation sites (tertiary alicyclic amines) is 1. The van der Waals surface area contributed by atoms with Gasteiger partial charge >= 0.3 is 5.97 Å². The van der Waals surface area contributed by atoms with Crippen molar-refractivity contribution < 1.29 is 29.3 Å². The number of allylic oxidation sites excluding steroid dienone is 2.